The van der Waals surface area contributed by atoms with E-state index in [9.17, 15) is 0 Å². The molecule has 0 fully saturated rings. The molecule has 1 unspecified atom stereocenters. The van der Waals surface area contributed by atoms with Crippen LogP contribution >= 0.6 is 11.3 Å². The Balaban J connectivity index is 2.35. The molecule has 1 aliphatic rings. The molecule has 0 bridgehead atoms. The molecule has 0 saturated carbocycles. The van der Waals surface area contributed by atoms with E-state index < -0.39 is 0 Å². The molecule has 0 radical (unpaired) electrons. The summed E-state index contributed by atoms with van der Waals surface area (Å²) in [5.41, 5.74) is 2.84. The maximum Gasteiger partial charge on any atom is 0.124 e. The number of ether oxygens (including phenoxy) is 1. The summed E-state index contributed by atoms with van der Waals surface area (Å²) in [6.07, 6.45) is 2.33. The van der Waals surface area contributed by atoms with Crippen LogP contribution in [0, 0.1) is 0 Å². The number of benzene rings is 1. The summed E-state index contributed by atoms with van der Waals surface area (Å²) in [6.45, 7) is 0. The maximum atomic E-state index is 5.50. The van der Waals surface area contributed by atoms with Crippen molar-refractivity contribution in [2.45, 2.75) is 18.9 Å². The molecule has 1 aromatic carbocycles. The van der Waals surface area contributed by atoms with Crippen molar-refractivity contribution in [2.24, 2.45) is 0 Å². The van der Waals surface area contributed by atoms with Crippen LogP contribution in [-0.2, 0) is 6.42 Å². The highest BCUT2D eigenvalue weighted by Crippen LogP contribution is 2.43. The van der Waals surface area contributed by atoms with Crippen LogP contribution in [0.5, 0.6) is 5.75 Å². The van der Waals surface area contributed by atoms with Gasteiger partial charge in [0.15, 0.2) is 0 Å². The minimum absolute atomic E-state index is 0.431. The van der Waals surface area contributed by atoms with E-state index in [1.54, 1.807) is 7.11 Å². The highest BCUT2D eigenvalue weighted by Gasteiger charge is 2.24. The lowest BCUT2D eigenvalue weighted by atomic mass is 9.88. The number of rotatable bonds is 2. The minimum Gasteiger partial charge on any atom is -0.496 e. The van der Waals surface area contributed by atoms with Gasteiger partial charge in [-0.1, -0.05) is 0 Å². The maximum absolute atomic E-state index is 5.50. The van der Waals surface area contributed by atoms with Gasteiger partial charge in [0, 0.05) is 21.7 Å². The SMILES string of the molecule is CNC1CCc2csc3ccc(OC)c1c23. The van der Waals surface area contributed by atoms with Crippen molar-refractivity contribution in [3.05, 3.63) is 28.6 Å². The number of hydrogen-bond acceptors (Lipinski definition) is 3. The summed E-state index contributed by atoms with van der Waals surface area (Å²) in [4.78, 5) is 0. The van der Waals surface area contributed by atoms with Gasteiger partial charge in [-0.2, -0.15) is 0 Å². The summed E-state index contributed by atoms with van der Waals surface area (Å²) in [5, 5.41) is 7.11. The van der Waals surface area contributed by atoms with E-state index in [0.717, 1.165) is 12.2 Å². The Labute approximate surface area is 99.2 Å². The van der Waals surface area contributed by atoms with Gasteiger partial charge in [0.1, 0.15) is 5.75 Å². The lowest BCUT2D eigenvalue weighted by Gasteiger charge is -2.25. The van der Waals surface area contributed by atoms with E-state index >= 15 is 0 Å². The second kappa shape index (κ2) is 3.75. The summed E-state index contributed by atoms with van der Waals surface area (Å²) in [6, 6.07) is 4.69. The summed E-state index contributed by atoms with van der Waals surface area (Å²) in [7, 11) is 3.78. The predicted octanol–water partition coefficient (Wildman–Crippen LogP) is 3.12. The van der Waals surface area contributed by atoms with Crippen LogP contribution < -0.4 is 10.1 Å². The Morgan fingerprint density at radius 3 is 3.06 bits per heavy atom. The second-order valence-corrected chi connectivity index (χ2v) is 5.11. The molecule has 0 amide bonds. The quantitative estimate of drug-likeness (QED) is 0.860. The number of hydrogen-bond donors (Lipinski definition) is 1. The normalized spacial score (nSPS) is 19.0. The van der Waals surface area contributed by atoms with E-state index in [2.05, 4.69) is 22.8 Å². The van der Waals surface area contributed by atoms with Crippen LogP contribution in [0.25, 0.3) is 10.1 Å². The predicted molar refractivity (Wildman–Crippen MR) is 68.5 cm³/mol. The van der Waals surface area contributed by atoms with Crippen molar-refractivity contribution in [2.75, 3.05) is 14.2 Å². The van der Waals surface area contributed by atoms with Crippen molar-refractivity contribution in [1.29, 1.82) is 0 Å². The fourth-order valence-electron chi connectivity index (χ4n) is 2.64. The Hall–Kier alpha value is -1.06. The first-order valence-corrected chi connectivity index (χ1v) is 6.47. The number of nitrogens with one attached hydrogen (secondary N) is 1. The van der Waals surface area contributed by atoms with E-state index in [4.69, 9.17) is 4.74 Å². The molecular formula is C13H15NOS. The summed E-state index contributed by atoms with van der Waals surface area (Å²) >= 11 is 1.84. The minimum atomic E-state index is 0.431. The van der Waals surface area contributed by atoms with E-state index in [0.29, 0.717) is 6.04 Å². The van der Waals surface area contributed by atoms with E-state index in [-0.39, 0.29) is 0 Å². The molecule has 2 aromatic rings. The molecule has 0 aliphatic heterocycles. The first-order chi connectivity index (χ1) is 7.85. The monoisotopic (exact) mass is 233 g/mol. The molecule has 2 nitrogen and oxygen atoms in total. The summed E-state index contributed by atoms with van der Waals surface area (Å²) < 4.78 is 6.88. The van der Waals surface area contributed by atoms with Crippen LogP contribution in [0.2, 0.25) is 0 Å². The van der Waals surface area contributed by atoms with Gasteiger partial charge in [-0.25, -0.2) is 0 Å². The van der Waals surface area contributed by atoms with Crippen LogP contribution in [-0.4, -0.2) is 14.2 Å². The van der Waals surface area contributed by atoms with Gasteiger partial charge >= 0.3 is 0 Å². The van der Waals surface area contributed by atoms with Gasteiger partial charge in [0.25, 0.3) is 0 Å². The molecule has 3 rings (SSSR count). The molecule has 3 heteroatoms. The van der Waals surface area contributed by atoms with E-state index in [1.165, 1.54) is 27.6 Å². The van der Waals surface area contributed by atoms with Crippen LogP contribution in [0.1, 0.15) is 23.6 Å². The van der Waals surface area contributed by atoms with Gasteiger partial charge < -0.3 is 10.1 Å². The third-order valence-electron chi connectivity index (χ3n) is 3.44. The molecule has 1 heterocycles. The average Bonchev–Trinajstić information content (AvgIpc) is 2.75. The van der Waals surface area contributed by atoms with Gasteiger partial charge in [0.05, 0.1) is 7.11 Å². The molecule has 84 valence electrons. The van der Waals surface area contributed by atoms with Crippen molar-refractivity contribution in [3.63, 3.8) is 0 Å². The van der Waals surface area contributed by atoms with Crippen LogP contribution in [0.15, 0.2) is 17.5 Å². The topological polar surface area (TPSA) is 21.3 Å². The molecule has 1 atom stereocenters. The largest absolute Gasteiger partial charge is 0.496 e. The van der Waals surface area contributed by atoms with Gasteiger partial charge in [-0.05, 0) is 43.0 Å². The smallest absolute Gasteiger partial charge is 0.124 e. The third-order valence-corrected chi connectivity index (χ3v) is 4.43. The van der Waals surface area contributed by atoms with Crippen molar-refractivity contribution < 1.29 is 4.74 Å². The van der Waals surface area contributed by atoms with Gasteiger partial charge in [-0.15, -0.1) is 11.3 Å². The lowest BCUT2D eigenvalue weighted by Crippen LogP contribution is -2.20. The zero-order valence-electron chi connectivity index (χ0n) is 9.54. The van der Waals surface area contributed by atoms with Crippen LogP contribution in [0.3, 0.4) is 0 Å². The highest BCUT2D eigenvalue weighted by atomic mass is 32.1. The van der Waals surface area contributed by atoms with Crippen molar-refractivity contribution in [3.8, 4) is 5.75 Å². The highest BCUT2D eigenvalue weighted by molar-refractivity contribution is 7.17. The summed E-state index contributed by atoms with van der Waals surface area (Å²) in [5.74, 6) is 1.02. The Kier molecular flexibility index (Phi) is 2.37. The molecular weight excluding hydrogens is 218 g/mol. The zero-order valence-corrected chi connectivity index (χ0v) is 10.4. The molecule has 16 heavy (non-hydrogen) atoms. The molecule has 0 spiro atoms. The molecule has 1 N–H and O–H groups in total. The Morgan fingerprint density at radius 2 is 2.31 bits per heavy atom. The number of thiophene rings is 1. The van der Waals surface area contributed by atoms with Crippen molar-refractivity contribution in [1.82, 2.24) is 5.32 Å². The van der Waals surface area contributed by atoms with Gasteiger partial charge in [0.2, 0.25) is 0 Å². The van der Waals surface area contributed by atoms with Gasteiger partial charge in [-0.3, -0.25) is 0 Å². The molecule has 1 aromatic heterocycles. The third kappa shape index (κ3) is 1.28. The number of aryl methyl sites for hydroxylation is 1. The van der Waals surface area contributed by atoms with Crippen LogP contribution in [0.4, 0.5) is 0 Å². The Morgan fingerprint density at radius 1 is 1.44 bits per heavy atom. The zero-order chi connectivity index (χ0) is 11.1. The molecule has 1 aliphatic carbocycles. The van der Waals surface area contributed by atoms with Crippen molar-refractivity contribution >= 4 is 21.4 Å². The molecule has 0 saturated heterocycles. The second-order valence-electron chi connectivity index (χ2n) is 4.20. The van der Waals surface area contributed by atoms with E-state index in [1.807, 2.05) is 18.4 Å². The lowest BCUT2D eigenvalue weighted by molar-refractivity contribution is 0.399. The fraction of sp³-hybridized carbons (Fsp3) is 0.385. The first kappa shape index (κ1) is 10.1. The number of methoxy groups -OCH3 is 1. The standard InChI is InChI=1S/C13H15NOS/c1-14-9-4-3-8-7-16-11-6-5-10(15-2)13(9)12(8)11/h5-7,9,14H,3-4H2,1-2H3. The average molecular weight is 233 g/mol. The fourth-order valence-corrected chi connectivity index (χ4v) is 3.65. The first-order valence-electron chi connectivity index (χ1n) is 5.59. The Bertz CT molecular complexity index is 532.